The van der Waals surface area contributed by atoms with E-state index in [1.807, 2.05) is 0 Å². The fourth-order valence-corrected chi connectivity index (χ4v) is 3.95. The van der Waals surface area contributed by atoms with Crippen LogP contribution in [-0.4, -0.2) is 0 Å². The van der Waals surface area contributed by atoms with E-state index in [9.17, 15) is 0 Å². The summed E-state index contributed by atoms with van der Waals surface area (Å²) in [6, 6.07) is 13.9. The Morgan fingerprint density at radius 3 is 1.43 bits per heavy atom. The first-order valence-electron chi connectivity index (χ1n) is 8.45. The first kappa shape index (κ1) is 15.8. The van der Waals surface area contributed by atoms with Crippen LogP contribution in [0.25, 0.3) is 0 Å². The second-order valence-corrected chi connectivity index (χ2v) is 7.14. The highest BCUT2D eigenvalue weighted by atomic mass is 14.3. The third-order valence-corrected chi connectivity index (χ3v) is 4.77. The van der Waals surface area contributed by atoms with Crippen molar-refractivity contribution >= 4 is 0 Å². The maximum atomic E-state index is 2.36. The fourth-order valence-electron chi connectivity index (χ4n) is 3.95. The van der Waals surface area contributed by atoms with Crippen molar-refractivity contribution in [2.45, 2.75) is 40.5 Å². The largest absolute Gasteiger partial charge is 0.0764 e. The maximum absolute atomic E-state index is 2.36. The van der Waals surface area contributed by atoms with Gasteiger partial charge in [-0.05, 0) is 45.7 Å². The molecule has 0 aliphatic heterocycles. The van der Waals surface area contributed by atoms with Gasteiger partial charge in [0, 0.05) is 11.8 Å². The third kappa shape index (κ3) is 3.32. The number of hydrogen-bond donors (Lipinski definition) is 0. The fraction of sp³-hybridized carbons (Fsp3) is 0.304. The quantitative estimate of drug-likeness (QED) is 0.634. The molecular weight excluding hydrogens is 276 g/mol. The Kier molecular flexibility index (Phi) is 4.26. The molecule has 0 nitrogen and oxygen atoms in total. The van der Waals surface area contributed by atoms with E-state index in [0.717, 1.165) is 0 Å². The van der Waals surface area contributed by atoms with Gasteiger partial charge in [-0.2, -0.15) is 0 Å². The summed E-state index contributed by atoms with van der Waals surface area (Å²) >= 11 is 0. The van der Waals surface area contributed by atoms with Crippen LogP contribution in [0.15, 0.2) is 60.2 Å². The lowest BCUT2D eigenvalue weighted by molar-refractivity contribution is 0.657. The first-order chi connectivity index (χ1) is 10.9. The molecule has 0 aromatic heterocycles. The molecule has 0 saturated heterocycles. The van der Waals surface area contributed by atoms with Crippen LogP contribution in [0.1, 0.15) is 46.2 Å². The van der Waals surface area contributed by atoms with Crippen LogP contribution in [0, 0.1) is 33.6 Å². The molecule has 1 unspecified atom stereocenters. The predicted molar refractivity (Wildman–Crippen MR) is 100 cm³/mol. The first-order valence-corrected chi connectivity index (χ1v) is 8.45. The van der Waals surface area contributed by atoms with Gasteiger partial charge in [-0.3, -0.25) is 0 Å². The van der Waals surface area contributed by atoms with Crippen LogP contribution in [0.3, 0.4) is 0 Å². The number of rotatable bonds is 3. The smallest absolute Gasteiger partial charge is 0.0190 e. The zero-order chi connectivity index (χ0) is 16.6. The van der Waals surface area contributed by atoms with Gasteiger partial charge in [0.05, 0.1) is 0 Å². The molecule has 0 spiro atoms. The monoisotopic (exact) mass is 302 g/mol. The number of benzene rings is 2. The van der Waals surface area contributed by atoms with E-state index < -0.39 is 0 Å². The van der Waals surface area contributed by atoms with E-state index in [4.69, 9.17) is 0 Å². The molecule has 0 heterocycles. The Morgan fingerprint density at radius 2 is 1.09 bits per heavy atom. The molecular formula is C23H26. The predicted octanol–water partition coefficient (Wildman–Crippen LogP) is 6.18. The third-order valence-electron chi connectivity index (χ3n) is 4.77. The zero-order valence-corrected chi connectivity index (χ0v) is 14.9. The maximum Gasteiger partial charge on any atom is 0.0190 e. The highest BCUT2D eigenvalue weighted by molar-refractivity contribution is 5.45. The molecule has 2 aromatic rings. The molecule has 2 aromatic carbocycles. The molecule has 118 valence electrons. The molecule has 3 rings (SSSR count). The molecule has 0 bridgehead atoms. The Morgan fingerprint density at radius 1 is 0.652 bits per heavy atom. The van der Waals surface area contributed by atoms with Crippen LogP contribution in [0.5, 0.6) is 0 Å². The van der Waals surface area contributed by atoms with Crippen molar-refractivity contribution in [2.24, 2.45) is 5.92 Å². The topological polar surface area (TPSA) is 0 Å². The lowest BCUT2D eigenvalue weighted by atomic mass is 9.77. The van der Waals surface area contributed by atoms with Gasteiger partial charge in [-0.15, -0.1) is 0 Å². The Hall–Kier alpha value is -2.08. The lowest BCUT2D eigenvalue weighted by Gasteiger charge is -2.26. The number of aryl methyl sites for hydroxylation is 4. The molecule has 0 N–H and O–H groups in total. The molecule has 1 atom stereocenters. The Bertz CT molecular complexity index is 698. The van der Waals surface area contributed by atoms with Crippen molar-refractivity contribution in [1.29, 1.82) is 0 Å². The van der Waals surface area contributed by atoms with Gasteiger partial charge in [0.1, 0.15) is 0 Å². The van der Waals surface area contributed by atoms with Crippen LogP contribution in [0.2, 0.25) is 0 Å². The molecule has 0 heteroatoms. The van der Waals surface area contributed by atoms with Gasteiger partial charge in [-0.1, -0.05) is 82.5 Å². The van der Waals surface area contributed by atoms with Gasteiger partial charge >= 0.3 is 0 Å². The summed E-state index contributed by atoms with van der Waals surface area (Å²) in [7, 11) is 0. The minimum absolute atomic E-state index is 0.391. The highest BCUT2D eigenvalue weighted by Crippen LogP contribution is 2.40. The minimum atomic E-state index is 0.391. The Balaban J connectivity index is 2.17. The Labute approximate surface area is 140 Å². The van der Waals surface area contributed by atoms with Crippen LogP contribution < -0.4 is 0 Å². The molecule has 23 heavy (non-hydrogen) atoms. The van der Waals surface area contributed by atoms with Crippen molar-refractivity contribution in [3.63, 3.8) is 0 Å². The second-order valence-electron chi connectivity index (χ2n) is 7.14. The average Bonchev–Trinajstić information content (AvgIpc) is 2.83. The molecule has 1 aliphatic rings. The number of allylic oxidation sites excluding steroid dienone is 4. The molecule has 1 aliphatic carbocycles. The van der Waals surface area contributed by atoms with Crippen LogP contribution >= 0.6 is 0 Å². The molecule has 0 amide bonds. The number of hydrogen-bond acceptors (Lipinski definition) is 0. The second kappa shape index (κ2) is 6.20. The molecule has 0 fully saturated rings. The molecule has 0 saturated carbocycles. The zero-order valence-electron chi connectivity index (χ0n) is 14.9. The standard InChI is InChI=1S/C23H26/c1-15-9-16(2)12-20(11-15)23(22-8-6-7-19(22)5)21-13-17(3)10-18(4)14-21/h6-14,22-23H,1-5H3. The normalized spacial score (nSPS) is 17.0. The van der Waals surface area contributed by atoms with Crippen molar-refractivity contribution in [3.8, 4) is 0 Å². The summed E-state index contributed by atoms with van der Waals surface area (Å²) in [5.41, 5.74) is 9.69. The van der Waals surface area contributed by atoms with E-state index in [0.29, 0.717) is 11.8 Å². The summed E-state index contributed by atoms with van der Waals surface area (Å²) < 4.78 is 0. The van der Waals surface area contributed by atoms with E-state index in [1.165, 1.54) is 39.0 Å². The lowest BCUT2D eigenvalue weighted by Crippen LogP contribution is -2.13. The van der Waals surface area contributed by atoms with Gasteiger partial charge in [0.15, 0.2) is 0 Å². The molecule has 0 radical (unpaired) electrons. The van der Waals surface area contributed by atoms with Crippen molar-refractivity contribution in [1.82, 2.24) is 0 Å². The van der Waals surface area contributed by atoms with E-state index in [-0.39, 0.29) is 0 Å². The SMILES string of the molecule is CC1=CC=CC1C(c1cc(C)cc(C)c1)c1cc(C)cc(C)c1. The van der Waals surface area contributed by atoms with Crippen molar-refractivity contribution < 1.29 is 0 Å². The van der Waals surface area contributed by atoms with Gasteiger partial charge in [-0.25, -0.2) is 0 Å². The summed E-state index contributed by atoms with van der Waals surface area (Å²) in [6.07, 6.45) is 6.82. The van der Waals surface area contributed by atoms with E-state index in [2.05, 4.69) is 89.2 Å². The van der Waals surface area contributed by atoms with E-state index >= 15 is 0 Å². The summed E-state index contributed by atoms with van der Waals surface area (Å²) in [6.45, 7) is 11.0. The van der Waals surface area contributed by atoms with Crippen molar-refractivity contribution in [3.05, 3.63) is 93.6 Å². The average molecular weight is 302 g/mol. The van der Waals surface area contributed by atoms with Gasteiger partial charge in [0.25, 0.3) is 0 Å². The van der Waals surface area contributed by atoms with Gasteiger partial charge < -0.3 is 0 Å². The van der Waals surface area contributed by atoms with Crippen LogP contribution in [0.4, 0.5) is 0 Å². The minimum Gasteiger partial charge on any atom is -0.0764 e. The summed E-state index contributed by atoms with van der Waals surface area (Å²) in [4.78, 5) is 0. The van der Waals surface area contributed by atoms with E-state index in [1.54, 1.807) is 0 Å². The van der Waals surface area contributed by atoms with Gasteiger partial charge in [0.2, 0.25) is 0 Å². The van der Waals surface area contributed by atoms with Crippen molar-refractivity contribution in [2.75, 3.05) is 0 Å². The summed E-state index contributed by atoms with van der Waals surface area (Å²) in [5.74, 6) is 0.847. The summed E-state index contributed by atoms with van der Waals surface area (Å²) in [5, 5.41) is 0. The van der Waals surface area contributed by atoms with Crippen LogP contribution in [-0.2, 0) is 0 Å². The highest BCUT2D eigenvalue weighted by Gasteiger charge is 2.26.